The van der Waals surface area contributed by atoms with E-state index < -0.39 is 16.0 Å². The smallest absolute Gasteiger partial charge is 0.287 e. The number of benzene rings is 1. The van der Waals surface area contributed by atoms with Gasteiger partial charge < -0.3 is 4.74 Å². The molecule has 1 aromatic rings. The monoisotopic (exact) mass is 243 g/mol. The second-order valence-corrected chi connectivity index (χ2v) is 5.56. The van der Waals surface area contributed by atoms with Crippen LogP contribution < -0.4 is 10.5 Å². The summed E-state index contributed by atoms with van der Waals surface area (Å²) < 4.78 is 32.1. The fourth-order valence-electron chi connectivity index (χ4n) is 1.74. The molecule has 1 aromatic carbocycles. The maximum atomic E-state index is 11.0. The predicted octanol–water partition coefficient (Wildman–Crippen LogP) is 0.519. The Bertz CT molecular complexity index is 526. The highest BCUT2D eigenvalue weighted by atomic mass is 32.2. The molecule has 2 rings (SSSR count). The Labute approximate surface area is 94.3 Å². The average Bonchev–Trinajstić information content (AvgIpc) is 2.35. The van der Waals surface area contributed by atoms with Gasteiger partial charge in [0.1, 0.15) is 5.75 Å². The molecule has 1 atom stereocenters. The Morgan fingerprint density at radius 2 is 2.19 bits per heavy atom. The summed E-state index contributed by atoms with van der Waals surface area (Å²) in [5.41, 5.74) is 7.64. The van der Waals surface area contributed by atoms with E-state index in [0.717, 1.165) is 17.4 Å². The van der Waals surface area contributed by atoms with Crippen LogP contribution in [-0.4, -0.2) is 20.6 Å². The van der Waals surface area contributed by atoms with E-state index in [-0.39, 0.29) is 6.42 Å². The predicted molar refractivity (Wildman–Crippen MR) is 58.4 cm³/mol. The second-order valence-electron chi connectivity index (χ2n) is 3.99. The zero-order valence-corrected chi connectivity index (χ0v) is 9.87. The summed E-state index contributed by atoms with van der Waals surface area (Å²) in [6.45, 7) is 1.94. The van der Waals surface area contributed by atoms with Crippen molar-refractivity contribution in [3.05, 3.63) is 29.3 Å². The van der Waals surface area contributed by atoms with Crippen molar-refractivity contribution >= 4 is 10.1 Å². The molecule has 16 heavy (non-hydrogen) atoms. The third-order valence-electron chi connectivity index (χ3n) is 2.23. The molecule has 0 saturated carbocycles. The van der Waals surface area contributed by atoms with E-state index in [2.05, 4.69) is 0 Å². The van der Waals surface area contributed by atoms with Crippen LogP contribution in [-0.2, 0) is 20.7 Å². The van der Waals surface area contributed by atoms with Crippen molar-refractivity contribution in [2.24, 2.45) is 5.73 Å². The van der Waals surface area contributed by atoms with Gasteiger partial charge in [0.25, 0.3) is 16.0 Å². The number of hydrogen-bond donors (Lipinski definition) is 1. The Hall–Kier alpha value is -1.11. The lowest BCUT2D eigenvalue weighted by Crippen LogP contribution is -2.48. The number of ether oxygens (including phenoxy) is 1. The third kappa shape index (κ3) is 2.34. The first-order valence-electron chi connectivity index (χ1n) is 4.75. The van der Waals surface area contributed by atoms with Gasteiger partial charge in [-0.2, -0.15) is 8.42 Å². The zero-order chi connectivity index (χ0) is 12.0. The standard InChI is InChI=1S/C10H13NO4S/c1-7-3-4-9-8(5-7)6-10(11,14-9)15-16(2,12)13/h3-5H,6,11H2,1-2H3. The van der Waals surface area contributed by atoms with Crippen LogP contribution in [0.2, 0.25) is 0 Å². The van der Waals surface area contributed by atoms with Gasteiger partial charge in [-0.25, -0.2) is 4.18 Å². The number of fused-ring (bicyclic) bond motifs is 1. The van der Waals surface area contributed by atoms with Crippen LogP contribution in [0, 0.1) is 6.92 Å². The van der Waals surface area contributed by atoms with Crippen LogP contribution in [0.4, 0.5) is 0 Å². The summed E-state index contributed by atoms with van der Waals surface area (Å²) in [4.78, 5) is 0. The van der Waals surface area contributed by atoms with Crippen LogP contribution in [0.25, 0.3) is 0 Å². The number of hydrogen-bond acceptors (Lipinski definition) is 5. The minimum absolute atomic E-state index is 0.219. The van der Waals surface area contributed by atoms with Gasteiger partial charge in [0, 0.05) is 5.56 Å². The van der Waals surface area contributed by atoms with Crippen LogP contribution in [0.1, 0.15) is 11.1 Å². The first-order valence-corrected chi connectivity index (χ1v) is 6.57. The quantitative estimate of drug-likeness (QED) is 0.605. The molecular formula is C10H13NO4S. The lowest BCUT2D eigenvalue weighted by molar-refractivity contribution is -0.0856. The third-order valence-corrected chi connectivity index (χ3v) is 2.81. The van der Waals surface area contributed by atoms with Gasteiger partial charge in [-0.3, -0.25) is 5.73 Å². The van der Waals surface area contributed by atoms with Crippen molar-refractivity contribution in [3.63, 3.8) is 0 Å². The molecule has 1 unspecified atom stereocenters. The Morgan fingerprint density at radius 1 is 1.50 bits per heavy atom. The fraction of sp³-hybridized carbons (Fsp3) is 0.400. The topological polar surface area (TPSA) is 78.6 Å². The van der Waals surface area contributed by atoms with Crippen molar-refractivity contribution in [1.82, 2.24) is 0 Å². The van der Waals surface area contributed by atoms with Crippen LogP contribution in [0.3, 0.4) is 0 Å². The van der Waals surface area contributed by atoms with Crippen LogP contribution in [0.5, 0.6) is 5.75 Å². The van der Waals surface area contributed by atoms with Crippen molar-refractivity contribution in [2.45, 2.75) is 19.3 Å². The molecular weight excluding hydrogens is 230 g/mol. The van der Waals surface area contributed by atoms with E-state index >= 15 is 0 Å². The van der Waals surface area contributed by atoms with Gasteiger partial charge in [0.05, 0.1) is 12.7 Å². The summed E-state index contributed by atoms with van der Waals surface area (Å²) in [5, 5.41) is 0. The summed E-state index contributed by atoms with van der Waals surface area (Å²) in [7, 11) is -3.64. The van der Waals surface area contributed by atoms with Gasteiger partial charge in [0.2, 0.25) is 0 Å². The summed E-state index contributed by atoms with van der Waals surface area (Å²) in [6, 6.07) is 5.52. The molecule has 1 aliphatic rings. The molecule has 5 nitrogen and oxygen atoms in total. The molecule has 0 spiro atoms. The molecule has 0 aliphatic carbocycles. The van der Waals surface area contributed by atoms with Crippen molar-refractivity contribution in [3.8, 4) is 5.75 Å². The highest BCUT2D eigenvalue weighted by Crippen LogP contribution is 2.34. The Kier molecular flexibility index (Phi) is 2.45. The highest BCUT2D eigenvalue weighted by molar-refractivity contribution is 7.86. The summed E-state index contributed by atoms with van der Waals surface area (Å²) >= 11 is 0. The largest absolute Gasteiger partial charge is 0.447 e. The molecule has 88 valence electrons. The molecule has 2 N–H and O–H groups in total. The maximum Gasteiger partial charge on any atom is 0.287 e. The Balaban J connectivity index is 2.28. The molecule has 0 amide bonds. The zero-order valence-electron chi connectivity index (χ0n) is 9.06. The van der Waals surface area contributed by atoms with Gasteiger partial charge in [-0.15, -0.1) is 0 Å². The molecule has 6 heteroatoms. The number of nitrogens with two attached hydrogens (primary N) is 1. The summed E-state index contributed by atoms with van der Waals surface area (Å²) in [6.07, 6.45) is 1.16. The molecule has 1 aliphatic heterocycles. The van der Waals surface area contributed by atoms with Gasteiger partial charge >= 0.3 is 0 Å². The summed E-state index contributed by atoms with van der Waals surface area (Å²) in [5.74, 6) is -1.04. The second kappa shape index (κ2) is 3.44. The molecule has 0 saturated heterocycles. The van der Waals surface area contributed by atoms with Crippen molar-refractivity contribution in [2.75, 3.05) is 6.26 Å². The van der Waals surface area contributed by atoms with E-state index in [9.17, 15) is 8.42 Å². The van der Waals surface area contributed by atoms with E-state index in [4.69, 9.17) is 14.7 Å². The highest BCUT2D eigenvalue weighted by Gasteiger charge is 2.40. The minimum Gasteiger partial charge on any atom is -0.447 e. The lowest BCUT2D eigenvalue weighted by Gasteiger charge is -2.21. The van der Waals surface area contributed by atoms with Gasteiger partial charge in [-0.1, -0.05) is 17.7 Å². The lowest BCUT2D eigenvalue weighted by atomic mass is 10.1. The van der Waals surface area contributed by atoms with E-state index in [1.807, 2.05) is 19.1 Å². The molecule has 0 bridgehead atoms. The van der Waals surface area contributed by atoms with E-state index in [0.29, 0.717) is 5.75 Å². The van der Waals surface area contributed by atoms with Gasteiger partial charge in [-0.05, 0) is 13.0 Å². The van der Waals surface area contributed by atoms with Gasteiger partial charge in [0.15, 0.2) is 0 Å². The molecule has 0 aromatic heterocycles. The normalized spacial score (nSPS) is 23.9. The number of aryl methyl sites for hydroxylation is 1. The SMILES string of the molecule is Cc1ccc2c(c1)CC(N)(OS(C)(=O)=O)O2. The van der Waals surface area contributed by atoms with Crippen LogP contribution in [0.15, 0.2) is 18.2 Å². The first kappa shape index (κ1) is 11.4. The Morgan fingerprint density at radius 3 is 2.81 bits per heavy atom. The van der Waals surface area contributed by atoms with Crippen molar-refractivity contribution < 1.29 is 17.3 Å². The maximum absolute atomic E-state index is 11.0. The van der Waals surface area contributed by atoms with E-state index in [1.54, 1.807) is 6.07 Å². The molecule has 1 heterocycles. The van der Waals surface area contributed by atoms with Crippen LogP contribution >= 0.6 is 0 Å². The average molecular weight is 243 g/mol. The van der Waals surface area contributed by atoms with E-state index in [1.165, 1.54) is 0 Å². The first-order chi connectivity index (χ1) is 7.27. The minimum atomic E-state index is -3.64. The molecule has 0 radical (unpaired) electrons. The fourth-order valence-corrected chi connectivity index (χ4v) is 2.34. The van der Waals surface area contributed by atoms with Crippen molar-refractivity contribution in [1.29, 1.82) is 0 Å². The molecule has 0 fully saturated rings. The number of rotatable bonds is 2.